The standard InChI is InChI=1S/C21H22N4O2/c1-14-12-16(14)18-13-20(25(24-18)15-8-4-3-5-9-15)23-21(26)22-17-10-6-7-11-19(17)27-2/h3-11,13-14,16H,12H2,1-2H3,(H2,22,23,26). The van der Waals surface area contributed by atoms with Crippen LogP contribution in [-0.4, -0.2) is 22.9 Å². The fraction of sp³-hybridized carbons (Fsp3) is 0.238. The van der Waals surface area contributed by atoms with Gasteiger partial charge in [0.1, 0.15) is 11.6 Å². The summed E-state index contributed by atoms with van der Waals surface area (Å²) in [4.78, 5) is 12.6. The lowest BCUT2D eigenvalue weighted by molar-refractivity contribution is 0.262. The number of hydrogen-bond donors (Lipinski definition) is 2. The van der Waals surface area contributed by atoms with Crippen LogP contribution in [0.25, 0.3) is 5.69 Å². The van der Waals surface area contributed by atoms with E-state index in [1.165, 1.54) is 0 Å². The minimum absolute atomic E-state index is 0.341. The average Bonchev–Trinajstić information content (AvgIpc) is 3.27. The number of anilines is 2. The summed E-state index contributed by atoms with van der Waals surface area (Å²) in [6.45, 7) is 2.22. The molecule has 2 atom stereocenters. The molecule has 6 heteroatoms. The summed E-state index contributed by atoms with van der Waals surface area (Å²) in [5, 5.41) is 10.5. The summed E-state index contributed by atoms with van der Waals surface area (Å²) in [5.74, 6) is 2.35. The summed E-state index contributed by atoms with van der Waals surface area (Å²) in [7, 11) is 1.58. The van der Waals surface area contributed by atoms with E-state index in [0.29, 0.717) is 29.1 Å². The van der Waals surface area contributed by atoms with Crippen LogP contribution < -0.4 is 15.4 Å². The zero-order valence-corrected chi connectivity index (χ0v) is 15.3. The normalized spacial score (nSPS) is 18.0. The molecule has 0 bridgehead atoms. The molecule has 6 nitrogen and oxygen atoms in total. The molecule has 0 radical (unpaired) electrons. The van der Waals surface area contributed by atoms with Crippen LogP contribution in [0.3, 0.4) is 0 Å². The Morgan fingerprint density at radius 1 is 1.11 bits per heavy atom. The molecule has 0 aliphatic heterocycles. The van der Waals surface area contributed by atoms with Crippen LogP contribution >= 0.6 is 0 Å². The molecule has 1 saturated carbocycles. The highest BCUT2D eigenvalue weighted by Gasteiger charge is 2.36. The zero-order chi connectivity index (χ0) is 18.8. The molecule has 138 valence electrons. The number of rotatable bonds is 5. The lowest BCUT2D eigenvalue weighted by Crippen LogP contribution is -2.21. The first-order chi connectivity index (χ1) is 13.2. The average molecular weight is 362 g/mol. The molecule has 1 fully saturated rings. The van der Waals surface area contributed by atoms with Crippen molar-refractivity contribution >= 4 is 17.5 Å². The van der Waals surface area contributed by atoms with Crippen LogP contribution in [0, 0.1) is 5.92 Å². The first-order valence-electron chi connectivity index (χ1n) is 9.02. The summed E-state index contributed by atoms with van der Waals surface area (Å²) in [6, 6.07) is 18.7. The van der Waals surface area contributed by atoms with Crippen molar-refractivity contribution in [3.8, 4) is 11.4 Å². The van der Waals surface area contributed by atoms with Crippen molar-refractivity contribution in [2.45, 2.75) is 19.3 Å². The largest absolute Gasteiger partial charge is 0.495 e. The number of nitrogens with one attached hydrogen (secondary N) is 2. The van der Waals surface area contributed by atoms with Gasteiger partial charge in [0.2, 0.25) is 0 Å². The maximum Gasteiger partial charge on any atom is 0.324 e. The third kappa shape index (κ3) is 3.65. The van der Waals surface area contributed by atoms with E-state index in [4.69, 9.17) is 9.84 Å². The molecule has 1 aliphatic carbocycles. The molecular weight excluding hydrogens is 340 g/mol. The third-order valence-corrected chi connectivity index (χ3v) is 4.82. The molecule has 3 aromatic rings. The van der Waals surface area contributed by atoms with Crippen LogP contribution in [0.2, 0.25) is 0 Å². The van der Waals surface area contributed by atoms with E-state index in [9.17, 15) is 4.79 Å². The summed E-state index contributed by atoms with van der Waals surface area (Å²) in [5.41, 5.74) is 2.53. The van der Waals surface area contributed by atoms with Crippen molar-refractivity contribution in [1.29, 1.82) is 0 Å². The van der Waals surface area contributed by atoms with Gasteiger partial charge in [-0.15, -0.1) is 0 Å². The molecule has 1 aliphatic rings. The molecule has 2 aromatic carbocycles. The minimum Gasteiger partial charge on any atom is -0.495 e. The van der Waals surface area contributed by atoms with Gasteiger partial charge >= 0.3 is 6.03 Å². The Balaban J connectivity index is 1.59. The first kappa shape index (κ1) is 17.1. The molecule has 4 rings (SSSR count). The number of hydrogen-bond acceptors (Lipinski definition) is 3. The monoisotopic (exact) mass is 362 g/mol. The predicted octanol–water partition coefficient (Wildman–Crippen LogP) is 4.65. The second-order valence-electron chi connectivity index (χ2n) is 6.80. The van der Waals surface area contributed by atoms with Gasteiger partial charge in [0.05, 0.1) is 24.2 Å². The van der Waals surface area contributed by atoms with Crippen molar-refractivity contribution < 1.29 is 9.53 Å². The van der Waals surface area contributed by atoms with Crippen molar-refractivity contribution in [3.05, 3.63) is 66.4 Å². The van der Waals surface area contributed by atoms with Crippen LogP contribution in [0.5, 0.6) is 5.75 Å². The number of ether oxygens (including phenoxy) is 1. The molecule has 0 spiro atoms. The van der Waals surface area contributed by atoms with Gasteiger partial charge in [-0.05, 0) is 36.6 Å². The molecule has 2 N–H and O–H groups in total. The SMILES string of the molecule is COc1ccccc1NC(=O)Nc1cc(C2CC2C)nn1-c1ccccc1. The van der Waals surface area contributed by atoms with Crippen molar-refractivity contribution in [3.63, 3.8) is 0 Å². The smallest absolute Gasteiger partial charge is 0.324 e. The number of carbonyl (C=O) groups is 1. The van der Waals surface area contributed by atoms with Crippen LogP contribution in [0.15, 0.2) is 60.7 Å². The number of urea groups is 1. The highest BCUT2D eigenvalue weighted by Crippen LogP contribution is 2.47. The molecular formula is C21H22N4O2. The highest BCUT2D eigenvalue weighted by molar-refractivity contribution is 6.00. The fourth-order valence-corrected chi connectivity index (χ4v) is 3.19. The predicted molar refractivity (Wildman–Crippen MR) is 106 cm³/mol. The summed E-state index contributed by atoms with van der Waals surface area (Å²) in [6.07, 6.45) is 1.14. The Kier molecular flexibility index (Phi) is 4.54. The van der Waals surface area contributed by atoms with Crippen molar-refractivity contribution in [2.75, 3.05) is 17.7 Å². The zero-order valence-electron chi connectivity index (χ0n) is 15.3. The Bertz CT molecular complexity index is 952. The Hall–Kier alpha value is -3.28. The van der Waals surface area contributed by atoms with E-state index in [1.807, 2.05) is 48.5 Å². The summed E-state index contributed by atoms with van der Waals surface area (Å²) < 4.78 is 7.06. The second kappa shape index (κ2) is 7.15. The van der Waals surface area contributed by atoms with Gasteiger partial charge in [0.15, 0.2) is 0 Å². The van der Waals surface area contributed by atoms with Gasteiger partial charge in [-0.3, -0.25) is 5.32 Å². The van der Waals surface area contributed by atoms with Gasteiger partial charge in [0, 0.05) is 12.0 Å². The van der Waals surface area contributed by atoms with Gasteiger partial charge in [-0.2, -0.15) is 5.10 Å². The van der Waals surface area contributed by atoms with E-state index in [-0.39, 0.29) is 6.03 Å². The number of para-hydroxylation sites is 3. The van der Waals surface area contributed by atoms with Gasteiger partial charge in [-0.25, -0.2) is 9.48 Å². The quantitative estimate of drug-likeness (QED) is 0.694. The van der Waals surface area contributed by atoms with E-state index in [1.54, 1.807) is 23.9 Å². The summed E-state index contributed by atoms with van der Waals surface area (Å²) >= 11 is 0. The van der Waals surface area contributed by atoms with Crippen LogP contribution in [0.4, 0.5) is 16.3 Å². The van der Waals surface area contributed by atoms with E-state index in [0.717, 1.165) is 17.8 Å². The highest BCUT2D eigenvalue weighted by atomic mass is 16.5. The van der Waals surface area contributed by atoms with E-state index >= 15 is 0 Å². The van der Waals surface area contributed by atoms with Gasteiger partial charge in [-0.1, -0.05) is 37.3 Å². The Morgan fingerprint density at radius 2 is 1.81 bits per heavy atom. The number of aromatic nitrogens is 2. The lowest BCUT2D eigenvalue weighted by atomic mass is 10.2. The van der Waals surface area contributed by atoms with Crippen LogP contribution in [0.1, 0.15) is 25.0 Å². The van der Waals surface area contributed by atoms with E-state index < -0.39 is 0 Å². The Morgan fingerprint density at radius 3 is 2.52 bits per heavy atom. The number of carbonyl (C=O) groups excluding carboxylic acids is 1. The topological polar surface area (TPSA) is 68.2 Å². The van der Waals surface area contributed by atoms with Gasteiger partial charge < -0.3 is 10.1 Å². The Labute approximate surface area is 158 Å². The number of nitrogens with zero attached hydrogens (tertiary/aromatic N) is 2. The maximum atomic E-state index is 12.6. The first-order valence-corrected chi connectivity index (χ1v) is 9.02. The maximum absolute atomic E-state index is 12.6. The van der Waals surface area contributed by atoms with Crippen molar-refractivity contribution in [2.24, 2.45) is 5.92 Å². The minimum atomic E-state index is -0.341. The molecule has 2 amide bonds. The van der Waals surface area contributed by atoms with Crippen molar-refractivity contribution in [1.82, 2.24) is 9.78 Å². The number of methoxy groups -OCH3 is 1. The van der Waals surface area contributed by atoms with E-state index in [2.05, 4.69) is 17.6 Å². The van der Waals surface area contributed by atoms with Crippen LogP contribution in [-0.2, 0) is 0 Å². The molecule has 27 heavy (non-hydrogen) atoms. The molecule has 0 saturated heterocycles. The third-order valence-electron chi connectivity index (χ3n) is 4.82. The lowest BCUT2D eigenvalue weighted by Gasteiger charge is -2.12. The molecule has 2 unspecified atom stereocenters. The van der Waals surface area contributed by atoms with Gasteiger partial charge in [0.25, 0.3) is 0 Å². The molecule has 1 aromatic heterocycles. The molecule has 1 heterocycles. The number of benzene rings is 2. The fourth-order valence-electron chi connectivity index (χ4n) is 3.19. The second-order valence-corrected chi connectivity index (χ2v) is 6.80. The number of amides is 2.